The van der Waals surface area contributed by atoms with Crippen LogP contribution in [-0.2, 0) is 13.0 Å². The molecule has 0 saturated heterocycles. The van der Waals surface area contributed by atoms with Gasteiger partial charge in [-0.15, -0.1) is 0 Å². The van der Waals surface area contributed by atoms with E-state index in [1.165, 1.54) is 11.3 Å². The van der Waals surface area contributed by atoms with Crippen molar-refractivity contribution in [3.05, 3.63) is 42.2 Å². The summed E-state index contributed by atoms with van der Waals surface area (Å²) in [6, 6.07) is 8.68. The van der Waals surface area contributed by atoms with Crippen LogP contribution in [0.25, 0.3) is 0 Å². The van der Waals surface area contributed by atoms with Crippen LogP contribution in [0.5, 0.6) is 0 Å². The molecule has 96 valence electrons. The Morgan fingerprint density at radius 2 is 2.00 bits per heavy atom. The minimum atomic E-state index is 0.713. The normalized spacial score (nSPS) is 10.6. The fourth-order valence-corrected chi connectivity index (χ4v) is 1.87. The highest BCUT2D eigenvalue weighted by atomic mass is 15.3. The molecular weight excluding hydrogens is 224 g/mol. The van der Waals surface area contributed by atoms with Gasteiger partial charge in [-0.2, -0.15) is 5.10 Å². The lowest BCUT2D eigenvalue weighted by Gasteiger charge is -2.19. The summed E-state index contributed by atoms with van der Waals surface area (Å²) in [6.07, 6.45) is 4.61. The van der Waals surface area contributed by atoms with Crippen LogP contribution in [0.3, 0.4) is 0 Å². The molecule has 0 bridgehead atoms. The average Bonchev–Trinajstić information content (AvgIpc) is 2.82. The lowest BCUT2D eigenvalue weighted by Crippen LogP contribution is -2.22. The van der Waals surface area contributed by atoms with Gasteiger partial charge < -0.3 is 10.6 Å². The van der Waals surface area contributed by atoms with Crippen LogP contribution in [0.1, 0.15) is 12.5 Å². The number of likely N-dealkylation sites (N-methyl/N-ethyl adjacent to an activating group) is 1. The summed E-state index contributed by atoms with van der Waals surface area (Å²) in [5, 5.41) is 4.17. The third-order valence-electron chi connectivity index (χ3n) is 3.10. The Balaban J connectivity index is 1.92. The third kappa shape index (κ3) is 3.03. The van der Waals surface area contributed by atoms with Gasteiger partial charge in [0.15, 0.2) is 0 Å². The Morgan fingerprint density at radius 1 is 1.28 bits per heavy atom. The molecule has 0 unspecified atom stereocenters. The topological polar surface area (TPSA) is 47.1 Å². The second-order valence-corrected chi connectivity index (χ2v) is 4.48. The number of anilines is 2. The van der Waals surface area contributed by atoms with Gasteiger partial charge in [0.05, 0.1) is 18.4 Å². The summed E-state index contributed by atoms with van der Waals surface area (Å²) in [5.74, 6) is 0. The van der Waals surface area contributed by atoms with Crippen molar-refractivity contribution in [3.8, 4) is 0 Å². The summed E-state index contributed by atoms with van der Waals surface area (Å²) in [5.41, 5.74) is 8.94. The molecule has 18 heavy (non-hydrogen) atoms. The van der Waals surface area contributed by atoms with E-state index in [1.54, 1.807) is 6.20 Å². The summed E-state index contributed by atoms with van der Waals surface area (Å²) < 4.78 is 1.87. The van der Waals surface area contributed by atoms with Crippen molar-refractivity contribution in [1.82, 2.24) is 9.78 Å². The van der Waals surface area contributed by atoms with Gasteiger partial charge in [0.1, 0.15) is 0 Å². The van der Waals surface area contributed by atoms with Gasteiger partial charge in [-0.1, -0.05) is 19.1 Å². The number of hydrogen-bond acceptors (Lipinski definition) is 3. The van der Waals surface area contributed by atoms with Gasteiger partial charge in [0, 0.05) is 25.5 Å². The molecule has 0 amide bonds. The van der Waals surface area contributed by atoms with E-state index in [2.05, 4.69) is 48.2 Å². The summed E-state index contributed by atoms with van der Waals surface area (Å²) in [6.45, 7) is 3.91. The molecule has 1 heterocycles. The maximum Gasteiger partial charge on any atom is 0.0719 e. The highest BCUT2D eigenvalue weighted by Gasteiger charge is 2.01. The largest absolute Gasteiger partial charge is 0.396 e. The van der Waals surface area contributed by atoms with Crippen LogP contribution in [0.2, 0.25) is 0 Å². The first-order valence-corrected chi connectivity index (χ1v) is 6.27. The molecule has 1 aromatic heterocycles. The number of aromatic nitrogens is 2. The van der Waals surface area contributed by atoms with E-state index >= 15 is 0 Å². The van der Waals surface area contributed by atoms with Crippen LogP contribution in [0.15, 0.2) is 36.7 Å². The molecule has 0 aliphatic rings. The molecule has 0 aliphatic carbocycles. The number of nitrogens with two attached hydrogens (primary N) is 1. The number of rotatable bonds is 5. The van der Waals surface area contributed by atoms with Gasteiger partial charge >= 0.3 is 0 Å². The quantitative estimate of drug-likeness (QED) is 0.876. The fraction of sp³-hybridized carbons (Fsp3) is 0.357. The number of nitrogen functional groups attached to an aromatic ring is 1. The van der Waals surface area contributed by atoms with Crippen LogP contribution >= 0.6 is 0 Å². The molecular formula is C14H20N4. The number of nitrogens with zero attached hydrogens (tertiary/aromatic N) is 3. The summed E-state index contributed by atoms with van der Waals surface area (Å²) in [4.78, 5) is 2.22. The van der Waals surface area contributed by atoms with Crippen LogP contribution in [0, 0.1) is 0 Å². The summed E-state index contributed by atoms with van der Waals surface area (Å²) >= 11 is 0. The Bertz CT molecular complexity index is 487. The van der Waals surface area contributed by atoms with E-state index in [4.69, 9.17) is 5.73 Å². The van der Waals surface area contributed by atoms with Crippen molar-refractivity contribution in [2.45, 2.75) is 19.9 Å². The zero-order valence-electron chi connectivity index (χ0n) is 11.0. The molecule has 0 saturated carbocycles. The Hall–Kier alpha value is -1.97. The van der Waals surface area contributed by atoms with Crippen LogP contribution in [-0.4, -0.2) is 23.4 Å². The Labute approximate surface area is 108 Å². The second kappa shape index (κ2) is 5.58. The molecule has 4 heteroatoms. The van der Waals surface area contributed by atoms with E-state index in [-0.39, 0.29) is 0 Å². The van der Waals surface area contributed by atoms with E-state index in [0.29, 0.717) is 5.69 Å². The smallest absolute Gasteiger partial charge is 0.0719 e. The van der Waals surface area contributed by atoms with Crippen molar-refractivity contribution in [2.75, 3.05) is 24.2 Å². The molecule has 0 fully saturated rings. The predicted molar refractivity (Wildman–Crippen MR) is 75.7 cm³/mol. The van der Waals surface area contributed by atoms with Crippen molar-refractivity contribution in [1.29, 1.82) is 0 Å². The minimum Gasteiger partial charge on any atom is -0.396 e. The van der Waals surface area contributed by atoms with E-state index < -0.39 is 0 Å². The maximum atomic E-state index is 5.63. The van der Waals surface area contributed by atoms with Gasteiger partial charge in [-0.05, 0) is 24.1 Å². The zero-order valence-corrected chi connectivity index (χ0v) is 11.0. The Kier molecular flexibility index (Phi) is 3.87. The molecule has 2 aromatic rings. The van der Waals surface area contributed by atoms with E-state index in [0.717, 1.165) is 19.5 Å². The molecule has 1 aromatic carbocycles. The monoisotopic (exact) mass is 244 g/mol. The first kappa shape index (κ1) is 12.5. The molecule has 4 nitrogen and oxygen atoms in total. The van der Waals surface area contributed by atoms with Crippen molar-refractivity contribution in [2.24, 2.45) is 0 Å². The molecule has 2 N–H and O–H groups in total. The maximum absolute atomic E-state index is 5.63. The summed E-state index contributed by atoms with van der Waals surface area (Å²) in [7, 11) is 2.09. The lowest BCUT2D eigenvalue weighted by molar-refractivity contribution is 0.612. The molecule has 0 atom stereocenters. The van der Waals surface area contributed by atoms with Crippen molar-refractivity contribution in [3.63, 3.8) is 0 Å². The SMILES string of the molecule is CCc1ccc(N(C)CCn2cc(N)cn2)cc1. The third-order valence-corrected chi connectivity index (χ3v) is 3.10. The lowest BCUT2D eigenvalue weighted by atomic mass is 10.1. The average molecular weight is 244 g/mol. The van der Waals surface area contributed by atoms with E-state index in [9.17, 15) is 0 Å². The number of aryl methyl sites for hydroxylation is 1. The minimum absolute atomic E-state index is 0.713. The molecule has 0 spiro atoms. The van der Waals surface area contributed by atoms with Gasteiger partial charge in [0.25, 0.3) is 0 Å². The molecule has 2 rings (SSSR count). The van der Waals surface area contributed by atoms with Gasteiger partial charge in [-0.3, -0.25) is 4.68 Å². The van der Waals surface area contributed by atoms with Crippen LogP contribution in [0.4, 0.5) is 11.4 Å². The Morgan fingerprint density at radius 3 is 2.56 bits per heavy atom. The second-order valence-electron chi connectivity index (χ2n) is 4.48. The number of hydrogen-bond donors (Lipinski definition) is 1. The van der Waals surface area contributed by atoms with E-state index in [1.807, 2.05) is 10.9 Å². The zero-order chi connectivity index (χ0) is 13.0. The predicted octanol–water partition coefficient (Wildman–Crippen LogP) is 2.16. The number of benzene rings is 1. The molecule has 0 radical (unpaired) electrons. The van der Waals surface area contributed by atoms with Crippen molar-refractivity contribution < 1.29 is 0 Å². The van der Waals surface area contributed by atoms with Crippen LogP contribution < -0.4 is 10.6 Å². The highest BCUT2D eigenvalue weighted by molar-refractivity contribution is 5.46. The van der Waals surface area contributed by atoms with Crippen molar-refractivity contribution >= 4 is 11.4 Å². The standard InChI is InChI=1S/C14H20N4/c1-3-12-4-6-14(7-5-12)17(2)8-9-18-11-13(15)10-16-18/h4-7,10-11H,3,8-9,15H2,1-2H3. The van der Waals surface area contributed by atoms with Gasteiger partial charge in [0.2, 0.25) is 0 Å². The van der Waals surface area contributed by atoms with Gasteiger partial charge in [-0.25, -0.2) is 0 Å². The fourth-order valence-electron chi connectivity index (χ4n) is 1.87. The first-order valence-electron chi connectivity index (χ1n) is 6.27. The highest BCUT2D eigenvalue weighted by Crippen LogP contribution is 2.14. The first-order chi connectivity index (χ1) is 8.69. The molecule has 0 aliphatic heterocycles.